The van der Waals surface area contributed by atoms with E-state index in [2.05, 4.69) is 19.1 Å². The molecule has 0 N–H and O–H groups in total. The fourth-order valence-corrected chi connectivity index (χ4v) is 4.56. The monoisotopic (exact) mass is 278 g/mol. The van der Waals surface area contributed by atoms with Gasteiger partial charge in [-0.2, -0.15) is 0 Å². The molecule has 104 valence electrons. The lowest BCUT2D eigenvalue weighted by atomic mass is 9.84. The van der Waals surface area contributed by atoms with Gasteiger partial charge in [-0.15, -0.1) is 11.6 Å². The molecule has 0 saturated heterocycles. The highest BCUT2D eigenvalue weighted by Crippen LogP contribution is 2.52. The number of rotatable bonds is 4. The van der Waals surface area contributed by atoms with E-state index in [1.165, 1.54) is 36.8 Å². The van der Waals surface area contributed by atoms with Gasteiger partial charge in [0.1, 0.15) is 5.75 Å². The minimum absolute atomic E-state index is 0.0965. The van der Waals surface area contributed by atoms with Gasteiger partial charge in [0.05, 0.1) is 12.5 Å². The van der Waals surface area contributed by atoms with E-state index in [-0.39, 0.29) is 5.38 Å². The number of ether oxygens (including phenoxy) is 1. The molecule has 3 rings (SSSR count). The van der Waals surface area contributed by atoms with E-state index in [9.17, 15) is 0 Å². The average molecular weight is 279 g/mol. The standard InChI is InChI=1S/C17H23ClO/c1-11-3-6-17(19-2)15(7-11)16(18)10-14-9-12-4-5-13(14)8-12/h3,6-7,12-14,16H,4-5,8-10H2,1-2H3. The zero-order valence-electron chi connectivity index (χ0n) is 11.9. The molecular weight excluding hydrogens is 256 g/mol. The van der Waals surface area contributed by atoms with Crippen LogP contribution in [0.1, 0.15) is 48.6 Å². The van der Waals surface area contributed by atoms with Crippen LogP contribution in [0.4, 0.5) is 0 Å². The molecule has 2 aliphatic rings. The number of aryl methyl sites for hydroxylation is 1. The van der Waals surface area contributed by atoms with Gasteiger partial charge < -0.3 is 4.74 Å². The maximum absolute atomic E-state index is 6.70. The van der Waals surface area contributed by atoms with Crippen molar-refractivity contribution in [2.45, 2.75) is 44.4 Å². The summed E-state index contributed by atoms with van der Waals surface area (Å²) < 4.78 is 5.46. The summed E-state index contributed by atoms with van der Waals surface area (Å²) in [6, 6.07) is 6.31. The Morgan fingerprint density at radius 3 is 2.79 bits per heavy atom. The molecule has 0 aliphatic heterocycles. The number of halogens is 1. The summed E-state index contributed by atoms with van der Waals surface area (Å²) in [7, 11) is 1.73. The molecule has 2 fully saturated rings. The van der Waals surface area contributed by atoms with Crippen LogP contribution in [0, 0.1) is 24.7 Å². The summed E-state index contributed by atoms with van der Waals surface area (Å²) in [6.45, 7) is 2.12. The molecule has 0 heterocycles. The predicted molar refractivity (Wildman–Crippen MR) is 79.9 cm³/mol. The van der Waals surface area contributed by atoms with Crippen LogP contribution in [0.3, 0.4) is 0 Å². The molecule has 2 heteroatoms. The summed E-state index contributed by atoms with van der Waals surface area (Å²) in [5.74, 6) is 3.72. The number of methoxy groups -OCH3 is 1. The molecule has 2 aliphatic carbocycles. The zero-order valence-corrected chi connectivity index (χ0v) is 12.6. The van der Waals surface area contributed by atoms with Gasteiger partial charge in [0.25, 0.3) is 0 Å². The van der Waals surface area contributed by atoms with Gasteiger partial charge in [-0.05, 0) is 56.4 Å². The molecule has 0 amide bonds. The first-order valence-corrected chi connectivity index (χ1v) is 7.89. The van der Waals surface area contributed by atoms with Gasteiger partial charge in [0, 0.05) is 5.56 Å². The Morgan fingerprint density at radius 1 is 1.32 bits per heavy atom. The lowest BCUT2D eigenvalue weighted by molar-refractivity contribution is 0.310. The normalized spacial score (nSPS) is 30.6. The van der Waals surface area contributed by atoms with Crippen molar-refractivity contribution >= 4 is 11.6 Å². The molecule has 19 heavy (non-hydrogen) atoms. The lowest BCUT2D eigenvalue weighted by Gasteiger charge is -2.24. The highest BCUT2D eigenvalue weighted by molar-refractivity contribution is 6.21. The maximum Gasteiger partial charge on any atom is 0.123 e. The predicted octanol–water partition coefficient (Wildman–Crippen LogP) is 5.11. The Balaban J connectivity index is 1.73. The lowest BCUT2D eigenvalue weighted by Crippen LogP contribution is -2.12. The smallest absolute Gasteiger partial charge is 0.123 e. The molecule has 1 aromatic rings. The Labute approximate surface area is 121 Å². The van der Waals surface area contributed by atoms with E-state index in [1.54, 1.807) is 7.11 Å². The van der Waals surface area contributed by atoms with E-state index in [1.807, 2.05) is 6.07 Å². The van der Waals surface area contributed by atoms with Crippen LogP contribution in [0.15, 0.2) is 18.2 Å². The first-order chi connectivity index (χ1) is 9.17. The van der Waals surface area contributed by atoms with Crippen molar-refractivity contribution in [1.82, 2.24) is 0 Å². The Morgan fingerprint density at radius 2 is 2.16 bits per heavy atom. The van der Waals surface area contributed by atoms with E-state index in [0.717, 1.165) is 29.9 Å². The summed E-state index contributed by atoms with van der Waals surface area (Å²) in [5, 5.41) is 0.0965. The summed E-state index contributed by atoms with van der Waals surface area (Å²) in [5.41, 5.74) is 2.43. The minimum atomic E-state index is 0.0965. The summed E-state index contributed by atoms with van der Waals surface area (Å²) in [6.07, 6.45) is 6.87. The SMILES string of the molecule is COc1ccc(C)cc1C(Cl)CC1CC2CCC1C2. The topological polar surface area (TPSA) is 9.23 Å². The second kappa shape index (κ2) is 5.36. The number of hydrogen-bond acceptors (Lipinski definition) is 1. The fraction of sp³-hybridized carbons (Fsp3) is 0.647. The highest BCUT2D eigenvalue weighted by Gasteiger charge is 2.40. The average Bonchev–Trinajstić information content (AvgIpc) is 3.01. The molecular formula is C17H23ClO. The van der Waals surface area contributed by atoms with E-state index in [4.69, 9.17) is 16.3 Å². The summed E-state index contributed by atoms with van der Waals surface area (Å²) >= 11 is 6.70. The van der Waals surface area contributed by atoms with Crippen molar-refractivity contribution < 1.29 is 4.74 Å². The van der Waals surface area contributed by atoms with Crippen molar-refractivity contribution in [2.75, 3.05) is 7.11 Å². The van der Waals surface area contributed by atoms with Gasteiger partial charge in [0.2, 0.25) is 0 Å². The van der Waals surface area contributed by atoms with Crippen LogP contribution < -0.4 is 4.74 Å². The largest absolute Gasteiger partial charge is 0.496 e. The van der Waals surface area contributed by atoms with Crippen molar-refractivity contribution in [3.8, 4) is 5.75 Å². The molecule has 1 aromatic carbocycles. The van der Waals surface area contributed by atoms with Gasteiger partial charge in [-0.25, -0.2) is 0 Å². The van der Waals surface area contributed by atoms with Crippen LogP contribution in [0.25, 0.3) is 0 Å². The number of alkyl halides is 1. The Bertz CT molecular complexity index is 457. The van der Waals surface area contributed by atoms with E-state index in [0.29, 0.717) is 0 Å². The van der Waals surface area contributed by atoms with Crippen molar-refractivity contribution in [1.29, 1.82) is 0 Å². The molecule has 0 radical (unpaired) electrons. The quantitative estimate of drug-likeness (QED) is 0.696. The molecule has 1 nitrogen and oxygen atoms in total. The first-order valence-electron chi connectivity index (χ1n) is 7.46. The second-order valence-corrected chi connectivity index (χ2v) is 6.91. The van der Waals surface area contributed by atoms with Crippen molar-refractivity contribution in [2.24, 2.45) is 17.8 Å². The van der Waals surface area contributed by atoms with E-state index < -0.39 is 0 Å². The molecule has 2 bridgehead atoms. The number of fused-ring (bicyclic) bond motifs is 2. The summed E-state index contributed by atoms with van der Waals surface area (Å²) in [4.78, 5) is 0. The van der Waals surface area contributed by atoms with Gasteiger partial charge in [0.15, 0.2) is 0 Å². The van der Waals surface area contributed by atoms with Crippen LogP contribution in [0.2, 0.25) is 0 Å². The Hall–Kier alpha value is -0.690. The first kappa shape index (κ1) is 13.3. The van der Waals surface area contributed by atoms with Crippen LogP contribution in [0.5, 0.6) is 5.75 Å². The number of hydrogen-bond donors (Lipinski definition) is 0. The van der Waals surface area contributed by atoms with Crippen molar-refractivity contribution in [3.05, 3.63) is 29.3 Å². The maximum atomic E-state index is 6.70. The van der Waals surface area contributed by atoms with Gasteiger partial charge in [-0.3, -0.25) is 0 Å². The third-order valence-electron chi connectivity index (χ3n) is 5.12. The molecule has 4 atom stereocenters. The molecule has 0 aromatic heterocycles. The van der Waals surface area contributed by atoms with Crippen LogP contribution >= 0.6 is 11.6 Å². The van der Waals surface area contributed by atoms with Gasteiger partial charge in [-0.1, -0.05) is 24.1 Å². The molecule has 4 unspecified atom stereocenters. The molecule has 0 spiro atoms. The van der Waals surface area contributed by atoms with Crippen LogP contribution in [-0.4, -0.2) is 7.11 Å². The third kappa shape index (κ3) is 2.63. The highest BCUT2D eigenvalue weighted by atomic mass is 35.5. The fourth-order valence-electron chi connectivity index (χ4n) is 4.16. The third-order valence-corrected chi connectivity index (χ3v) is 5.53. The second-order valence-electron chi connectivity index (χ2n) is 6.38. The number of benzene rings is 1. The van der Waals surface area contributed by atoms with Gasteiger partial charge >= 0.3 is 0 Å². The zero-order chi connectivity index (χ0) is 13.4. The molecule has 2 saturated carbocycles. The van der Waals surface area contributed by atoms with Crippen LogP contribution in [-0.2, 0) is 0 Å². The Kier molecular flexibility index (Phi) is 3.75. The van der Waals surface area contributed by atoms with E-state index >= 15 is 0 Å². The minimum Gasteiger partial charge on any atom is -0.496 e. The van der Waals surface area contributed by atoms with Crippen molar-refractivity contribution in [3.63, 3.8) is 0 Å².